The van der Waals surface area contributed by atoms with Crippen molar-refractivity contribution in [2.75, 3.05) is 18.6 Å². The lowest BCUT2D eigenvalue weighted by Gasteiger charge is -2.15. The maximum Gasteiger partial charge on any atom is 0.390 e. The first-order valence-electron chi connectivity index (χ1n) is 7.11. The van der Waals surface area contributed by atoms with Crippen molar-refractivity contribution in [2.24, 2.45) is 0 Å². The third kappa shape index (κ3) is 9.43. The van der Waals surface area contributed by atoms with Gasteiger partial charge in [0, 0.05) is 8.07 Å². The highest BCUT2D eigenvalue weighted by atomic mass is 32.2. The molecule has 0 heterocycles. The van der Waals surface area contributed by atoms with Gasteiger partial charge in [0.15, 0.2) is 0 Å². The Balaban J connectivity index is 2.25. The minimum absolute atomic E-state index is 0.0158. The predicted octanol–water partition coefficient (Wildman–Crippen LogP) is 3.40. The molecule has 22 heavy (non-hydrogen) atoms. The van der Waals surface area contributed by atoms with Gasteiger partial charge in [-0.15, -0.1) is 0 Å². The number of thioether (sulfide) groups is 1. The largest absolute Gasteiger partial charge is 0.424 e. The minimum atomic E-state index is -3.79. The zero-order valence-electron chi connectivity index (χ0n) is 13.2. The van der Waals surface area contributed by atoms with Crippen molar-refractivity contribution >= 4 is 32.5 Å². The van der Waals surface area contributed by atoms with Crippen LogP contribution in [0.3, 0.4) is 0 Å². The van der Waals surface area contributed by atoms with Gasteiger partial charge in [0.05, 0.1) is 6.54 Å². The van der Waals surface area contributed by atoms with E-state index in [0.717, 1.165) is 11.8 Å². The quantitative estimate of drug-likeness (QED) is 0.519. The SMILES string of the molecule is C[Si](C)(C)CCSC(=O)CNCP(=O)(O)Oc1ccccc1. The first-order valence-corrected chi connectivity index (χ1v) is 13.6. The van der Waals surface area contributed by atoms with Crippen LogP contribution in [0.2, 0.25) is 25.7 Å². The number of carbonyl (C=O) groups excluding carboxylic acids is 1. The Labute approximate surface area is 137 Å². The van der Waals surface area contributed by atoms with Gasteiger partial charge < -0.3 is 9.42 Å². The van der Waals surface area contributed by atoms with Crippen LogP contribution in [0.25, 0.3) is 0 Å². The summed E-state index contributed by atoms with van der Waals surface area (Å²) < 4.78 is 16.9. The maximum atomic E-state index is 11.9. The third-order valence-corrected chi connectivity index (χ3v) is 6.79. The Hall–Kier alpha value is -0.593. The zero-order chi connectivity index (χ0) is 16.6. The molecule has 1 rings (SSSR count). The molecule has 0 fully saturated rings. The van der Waals surface area contributed by atoms with Gasteiger partial charge in [-0.1, -0.05) is 49.6 Å². The summed E-state index contributed by atoms with van der Waals surface area (Å²) in [5.74, 6) is 1.15. The highest BCUT2D eigenvalue weighted by Gasteiger charge is 2.21. The number of para-hydroxylation sites is 1. The molecule has 0 spiro atoms. The summed E-state index contributed by atoms with van der Waals surface area (Å²) in [6.45, 7) is 6.86. The second kappa shape index (κ2) is 8.89. The Morgan fingerprint density at radius 1 is 1.32 bits per heavy atom. The zero-order valence-corrected chi connectivity index (χ0v) is 16.0. The van der Waals surface area contributed by atoms with E-state index in [1.807, 2.05) is 0 Å². The number of nitrogens with one attached hydrogen (secondary N) is 1. The molecule has 0 bridgehead atoms. The number of hydrogen-bond donors (Lipinski definition) is 2. The van der Waals surface area contributed by atoms with Crippen molar-refractivity contribution in [1.82, 2.24) is 5.32 Å². The fraction of sp³-hybridized carbons (Fsp3) is 0.500. The third-order valence-electron chi connectivity index (χ3n) is 2.69. The van der Waals surface area contributed by atoms with Crippen molar-refractivity contribution in [3.8, 4) is 5.75 Å². The molecule has 5 nitrogen and oxygen atoms in total. The molecule has 0 radical (unpaired) electrons. The van der Waals surface area contributed by atoms with E-state index in [1.54, 1.807) is 30.3 Å². The number of carbonyl (C=O) groups is 1. The van der Waals surface area contributed by atoms with Crippen molar-refractivity contribution in [3.05, 3.63) is 30.3 Å². The summed E-state index contributed by atoms with van der Waals surface area (Å²) in [5, 5.41) is 2.68. The van der Waals surface area contributed by atoms with Crippen LogP contribution >= 0.6 is 19.4 Å². The Bertz CT molecular complexity index is 521. The maximum absolute atomic E-state index is 11.9. The molecule has 0 aliphatic carbocycles. The van der Waals surface area contributed by atoms with Crippen LogP contribution in [0.5, 0.6) is 5.75 Å². The van der Waals surface area contributed by atoms with Crippen LogP contribution < -0.4 is 9.84 Å². The molecule has 8 heteroatoms. The molecule has 0 amide bonds. The average Bonchev–Trinajstić information content (AvgIpc) is 2.37. The van der Waals surface area contributed by atoms with Crippen molar-refractivity contribution in [1.29, 1.82) is 0 Å². The van der Waals surface area contributed by atoms with Crippen LogP contribution in [0, 0.1) is 0 Å². The molecule has 0 saturated heterocycles. The van der Waals surface area contributed by atoms with E-state index in [9.17, 15) is 14.3 Å². The van der Waals surface area contributed by atoms with Crippen molar-refractivity contribution in [3.63, 3.8) is 0 Å². The number of hydrogen-bond acceptors (Lipinski definition) is 5. The second-order valence-electron chi connectivity index (χ2n) is 6.16. The highest BCUT2D eigenvalue weighted by molar-refractivity contribution is 8.13. The highest BCUT2D eigenvalue weighted by Crippen LogP contribution is 2.41. The fourth-order valence-electron chi connectivity index (χ4n) is 1.50. The van der Waals surface area contributed by atoms with E-state index < -0.39 is 15.7 Å². The summed E-state index contributed by atoms with van der Waals surface area (Å²) in [5.41, 5.74) is 0. The van der Waals surface area contributed by atoms with Crippen LogP contribution in [0.4, 0.5) is 0 Å². The van der Waals surface area contributed by atoms with Gasteiger partial charge in [-0.05, 0) is 23.9 Å². The molecule has 0 aliphatic rings. The monoisotopic (exact) mass is 361 g/mol. The molecule has 124 valence electrons. The number of rotatable bonds is 9. The summed E-state index contributed by atoms with van der Waals surface area (Å²) in [6, 6.07) is 9.55. The Morgan fingerprint density at radius 2 is 1.95 bits per heavy atom. The molecule has 1 aromatic carbocycles. The fourth-order valence-corrected chi connectivity index (χ4v) is 5.70. The Morgan fingerprint density at radius 3 is 2.55 bits per heavy atom. The van der Waals surface area contributed by atoms with E-state index in [0.29, 0.717) is 5.75 Å². The van der Waals surface area contributed by atoms with E-state index in [2.05, 4.69) is 25.0 Å². The minimum Gasteiger partial charge on any atom is -0.424 e. The average molecular weight is 361 g/mol. The first kappa shape index (κ1) is 19.5. The van der Waals surface area contributed by atoms with Gasteiger partial charge in [-0.3, -0.25) is 10.1 Å². The van der Waals surface area contributed by atoms with Gasteiger partial charge in [-0.2, -0.15) is 0 Å². The Kier molecular flexibility index (Phi) is 7.86. The van der Waals surface area contributed by atoms with E-state index in [-0.39, 0.29) is 17.9 Å². The topological polar surface area (TPSA) is 75.6 Å². The molecule has 1 atom stereocenters. The predicted molar refractivity (Wildman–Crippen MR) is 95.4 cm³/mol. The summed E-state index contributed by atoms with van der Waals surface area (Å²) in [4.78, 5) is 21.4. The molecule has 2 N–H and O–H groups in total. The molecular formula is C14H24NO4PSSi. The molecule has 1 aromatic rings. The van der Waals surface area contributed by atoms with Gasteiger partial charge in [0.2, 0.25) is 5.12 Å². The van der Waals surface area contributed by atoms with Crippen LogP contribution in [0.1, 0.15) is 0 Å². The lowest BCUT2D eigenvalue weighted by molar-refractivity contribution is -0.110. The van der Waals surface area contributed by atoms with Gasteiger partial charge >= 0.3 is 7.60 Å². The molecule has 0 saturated carbocycles. The number of benzene rings is 1. The van der Waals surface area contributed by atoms with Crippen molar-refractivity contribution < 1.29 is 18.8 Å². The van der Waals surface area contributed by atoms with Gasteiger partial charge in [0.25, 0.3) is 0 Å². The normalized spacial score (nSPS) is 14.4. The summed E-state index contributed by atoms with van der Waals surface area (Å²) >= 11 is 1.28. The lowest BCUT2D eigenvalue weighted by Crippen LogP contribution is -2.24. The lowest BCUT2D eigenvalue weighted by atomic mass is 10.3. The van der Waals surface area contributed by atoms with E-state index in [1.165, 1.54) is 11.8 Å². The van der Waals surface area contributed by atoms with Gasteiger partial charge in [-0.25, -0.2) is 4.57 Å². The second-order valence-corrected chi connectivity index (χ2v) is 14.7. The summed E-state index contributed by atoms with van der Waals surface area (Å²) in [7, 11) is -4.92. The molecule has 0 aromatic heterocycles. The van der Waals surface area contributed by atoms with Crippen LogP contribution in [0.15, 0.2) is 30.3 Å². The smallest absolute Gasteiger partial charge is 0.390 e. The molecular weight excluding hydrogens is 337 g/mol. The van der Waals surface area contributed by atoms with Crippen molar-refractivity contribution in [2.45, 2.75) is 25.7 Å². The molecule has 0 aliphatic heterocycles. The van der Waals surface area contributed by atoms with E-state index in [4.69, 9.17) is 4.52 Å². The standard InChI is InChI=1S/C14H24NO4PSSi/c1-22(2,3)10-9-21-14(16)11-15-12-20(17,18)19-13-7-5-4-6-8-13/h4-8,15H,9-12H2,1-3H3,(H,17,18). The van der Waals surface area contributed by atoms with Gasteiger partial charge in [0.1, 0.15) is 12.0 Å². The van der Waals surface area contributed by atoms with Crippen LogP contribution in [-0.2, 0) is 9.36 Å². The molecule has 1 unspecified atom stereocenters. The van der Waals surface area contributed by atoms with E-state index >= 15 is 0 Å². The van der Waals surface area contributed by atoms with Crippen LogP contribution in [-0.4, -0.2) is 36.7 Å². The summed E-state index contributed by atoms with van der Waals surface area (Å²) in [6.07, 6.45) is -0.248. The first-order chi connectivity index (χ1) is 10.2.